The largest absolute Gasteiger partial charge is 0.326 e. The Kier molecular flexibility index (Phi) is 4.96. The van der Waals surface area contributed by atoms with Crippen molar-refractivity contribution in [1.82, 2.24) is 14.5 Å². The molecule has 0 fully saturated rings. The highest BCUT2D eigenvalue weighted by atomic mass is 79.9. The molecule has 0 aliphatic heterocycles. The number of nitrogens with zero attached hydrogens (tertiary/aromatic N) is 3. The topological polar surface area (TPSA) is 21.1 Å². The second-order valence-corrected chi connectivity index (χ2v) is 7.25. The van der Waals surface area contributed by atoms with Gasteiger partial charge in [0.25, 0.3) is 0 Å². The Morgan fingerprint density at radius 3 is 2.62 bits per heavy atom. The van der Waals surface area contributed by atoms with E-state index in [1.54, 1.807) is 6.07 Å². The molecule has 0 spiro atoms. The van der Waals surface area contributed by atoms with Gasteiger partial charge in [0.1, 0.15) is 11.6 Å². The number of imidazole rings is 1. The summed E-state index contributed by atoms with van der Waals surface area (Å²) in [4.78, 5) is 6.72. The van der Waals surface area contributed by atoms with Crippen LogP contribution in [0.4, 0.5) is 4.39 Å². The number of aryl methyl sites for hydroxylation is 1. The van der Waals surface area contributed by atoms with Gasteiger partial charge in [-0.05, 0) is 49.9 Å². The highest BCUT2D eigenvalue weighted by Crippen LogP contribution is 2.27. The van der Waals surface area contributed by atoms with E-state index >= 15 is 0 Å². The molecule has 21 heavy (non-hydrogen) atoms. The predicted molar refractivity (Wildman–Crippen MR) is 89.6 cm³/mol. The number of rotatable bonds is 5. The van der Waals surface area contributed by atoms with E-state index in [-0.39, 0.29) is 11.4 Å². The lowest BCUT2D eigenvalue weighted by atomic mass is 10.0. The smallest absolute Gasteiger partial charge is 0.139 e. The van der Waals surface area contributed by atoms with Gasteiger partial charge in [0, 0.05) is 30.5 Å². The Hall–Kier alpha value is -0.650. The van der Waals surface area contributed by atoms with Gasteiger partial charge < -0.3 is 9.47 Å². The van der Waals surface area contributed by atoms with Gasteiger partial charge in [0.2, 0.25) is 0 Å². The monoisotopic (exact) mass is 375 g/mol. The fourth-order valence-electron chi connectivity index (χ4n) is 2.15. The normalized spacial score (nSPS) is 12.6. The molecule has 6 heteroatoms. The van der Waals surface area contributed by atoms with Crippen molar-refractivity contribution in [3.05, 3.63) is 28.2 Å². The third-order valence-electron chi connectivity index (χ3n) is 3.94. The van der Waals surface area contributed by atoms with E-state index in [2.05, 4.69) is 58.3 Å². The summed E-state index contributed by atoms with van der Waals surface area (Å²) in [5.41, 5.74) is 1.55. The summed E-state index contributed by atoms with van der Waals surface area (Å²) >= 11 is 9.14. The first-order valence-corrected chi connectivity index (χ1v) is 8.16. The molecule has 0 radical (unpaired) electrons. The molecule has 0 aliphatic carbocycles. The molecule has 0 unspecified atom stereocenters. The molecular weight excluding hydrogens is 357 g/mol. The van der Waals surface area contributed by atoms with Gasteiger partial charge in [-0.1, -0.05) is 0 Å². The van der Waals surface area contributed by atoms with Gasteiger partial charge >= 0.3 is 0 Å². The van der Waals surface area contributed by atoms with E-state index in [1.165, 1.54) is 6.07 Å². The van der Waals surface area contributed by atoms with Crippen molar-refractivity contribution in [2.24, 2.45) is 0 Å². The number of hydrogen-bond acceptors (Lipinski definition) is 2. The summed E-state index contributed by atoms with van der Waals surface area (Å²) in [5.74, 6) is 1.10. The number of halogens is 3. The maximum atomic E-state index is 13.7. The zero-order valence-corrected chi connectivity index (χ0v) is 15.1. The van der Waals surface area contributed by atoms with E-state index in [1.807, 2.05) is 0 Å². The molecule has 116 valence electrons. The van der Waals surface area contributed by atoms with Crippen LogP contribution in [-0.2, 0) is 13.0 Å². The second-order valence-electron chi connectivity index (χ2n) is 6.02. The summed E-state index contributed by atoms with van der Waals surface area (Å²) in [6.07, 6.45) is 0.666. The van der Waals surface area contributed by atoms with Crippen molar-refractivity contribution < 1.29 is 4.39 Å². The molecule has 1 aromatic heterocycles. The van der Waals surface area contributed by atoms with Crippen molar-refractivity contribution >= 4 is 38.6 Å². The van der Waals surface area contributed by atoms with Gasteiger partial charge in [-0.25, -0.2) is 9.37 Å². The Labute approximate surface area is 138 Å². The molecule has 3 nitrogen and oxygen atoms in total. The van der Waals surface area contributed by atoms with Gasteiger partial charge in [-0.2, -0.15) is 0 Å². The van der Waals surface area contributed by atoms with E-state index in [4.69, 9.17) is 11.6 Å². The molecule has 0 N–H and O–H groups in total. The van der Waals surface area contributed by atoms with Crippen molar-refractivity contribution in [3.8, 4) is 0 Å². The molecule has 1 aromatic carbocycles. The molecular formula is C15H20BrClFN3. The lowest BCUT2D eigenvalue weighted by molar-refractivity contribution is 0.170. The average molecular weight is 377 g/mol. The van der Waals surface area contributed by atoms with Gasteiger partial charge in [-0.15, -0.1) is 11.6 Å². The van der Waals surface area contributed by atoms with Crippen LogP contribution in [0.2, 0.25) is 0 Å². The molecule has 0 bridgehead atoms. The van der Waals surface area contributed by atoms with Gasteiger partial charge in [0.05, 0.1) is 15.5 Å². The Morgan fingerprint density at radius 1 is 1.38 bits per heavy atom. The quantitative estimate of drug-likeness (QED) is 0.734. The highest BCUT2D eigenvalue weighted by Gasteiger charge is 2.24. The van der Waals surface area contributed by atoms with Gasteiger partial charge in [-0.3, -0.25) is 0 Å². The molecule has 2 rings (SSSR count). The minimum Gasteiger partial charge on any atom is -0.326 e. The molecule has 0 atom stereocenters. The molecule has 0 aliphatic rings. The SMILES string of the molecule is CN(C)C(C)(C)Cn1c(CCCl)nc2cc(F)c(Br)cc21. The van der Waals surface area contributed by atoms with Crippen molar-refractivity contribution in [2.45, 2.75) is 32.4 Å². The number of alkyl halides is 1. The van der Waals surface area contributed by atoms with Gasteiger partial charge in [0.15, 0.2) is 0 Å². The number of likely N-dealkylation sites (N-methyl/N-ethyl adjacent to an activating group) is 1. The average Bonchev–Trinajstić information content (AvgIpc) is 2.68. The van der Waals surface area contributed by atoms with Crippen LogP contribution < -0.4 is 0 Å². The maximum absolute atomic E-state index is 13.7. The van der Waals surface area contributed by atoms with Crippen LogP contribution in [0.3, 0.4) is 0 Å². The van der Waals surface area contributed by atoms with E-state index in [9.17, 15) is 4.39 Å². The van der Waals surface area contributed by atoms with Crippen LogP contribution in [-0.4, -0.2) is 40.0 Å². The molecule has 2 aromatic rings. The van der Waals surface area contributed by atoms with E-state index < -0.39 is 0 Å². The number of benzene rings is 1. The fraction of sp³-hybridized carbons (Fsp3) is 0.533. The first-order chi connectivity index (χ1) is 9.76. The fourth-order valence-corrected chi connectivity index (χ4v) is 2.65. The van der Waals surface area contributed by atoms with E-state index in [0.29, 0.717) is 22.3 Å². The van der Waals surface area contributed by atoms with Crippen molar-refractivity contribution in [2.75, 3.05) is 20.0 Å². The predicted octanol–water partition coefficient (Wildman–Crippen LogP) is 4.06. The minimum absolute atomic E-state index is 0.0461. The summed E-state index contributed by atoms with van der Waals surface area (Å²) in [5, 5.41) is 0. The highest BCUT2D eigenvalue weighted by molar-refractivity contribution is 9.10. The third-order valence-corrected chi connectivity index (χ3v) is 4.74. The second kappa shape index (κ2) is 6.23. The van der Waals surface area contributed by atoms with E-state index in [0.717, 1.165) is 17.9 Å². The van der Waals surface area contributed by atoms with Crippen molar-refractivity contribution in [3.63, 3.8) is 0 Å². The first kappa shape index (κ1) is 16.7. The molecule has 0 saturated carbocycles. The summed E-state index contributed by atoms with van der Waals surface area (Å²) in [6, 6.07) is 3.26. The van der Waals surface area contributed by atoms with Crippen molar-refractivity contribution in [1.29, 1.82) is 0 Å². The first-order valence-electron chi connectivity index (χ1n) is 6.84. The third kappa shape index (κ3) is 3.41. The number of fused-ring (bicyclic) bond motifs is 1. The van der Waals surface area contributed by atoms with Crippen LogP contribution in [0.5, 0.6) is 0 Å². The Bertz CT molecular complexity index is 652. The zero-order valence-electron chi connectivity index (χ0n) is 12.8. The summed E-state index contributed by atoms with van der Waals surface area (Å²) in [6.45, 7) is 5.10. The maximum Gasteiger partial charge on any atom is 0.139 e. The van der Waals surface area contributed by atoms with Crippen LogP contribution in [0.1, 0.15) is 19.7 Å². The van der Waals surface area contributed by atoms with Crippen LogP contribution >= 0.6 is 27.5 Å². The Balaban J connectivity index is 2.58. The number of hydrogen-bond donors (Lipinski definition) is 0. The molecule has 0 saturated heterocycles. The molecule has 0 amide bonds. The minimum atomic E-state index is -0.295. The Morgan fingerprint density at radius 2 is 2.05 bits per heavy atom. The van der Waals surface area contributed by atoms with Crippen LogP contribution in [0.15, 0.2) is 16.6 Å². The van der Waals surface area contributed by atoms with Crippen LogP contribution in [0.25, 0.3) is 11.0 Å². The standard InChI is InChI=1S/C15H20BrClFN3/c1-15(2,20(3)4)9-21-13-7-10(16)11(18)8-12(13)19-14(21)5-6-17/h7-8H,5-6,9H2,1-4H3. The van der Waals surface area contributed by atoms with Crippen LogP contribution in [0, 0.1) is 5.82 Å². The zero-order chi connectivity index (χ0) is 15.8. The lowest BCUT2D eigenvalue weighted by Crippen LogP contribution is -2.42. The number of aromatic nitrogens is 2. The summed E-state index contributed by atoms with van der Waals surface area (Å²) in [7, 11) is 4.10. The lowest BCUT2D eigenvalue weighted by Gasteiger charge is -2.33. The molecule has 1 heterocycles. The summed E-state index contributed by atoms with van der Waals surface area (Å²) < 4.78 is 16.3.